The van der Waals surface area contributed by atoms with E-state index in [1.807, 2.05) is 25.1 Å². The van der Waals surface area contributed by atoms with Crippen molar-refractivity contribution < 1.29 is 0 Å². The molecule has 3 aromatic heterocycles. The van der Waals surface area contributed by atoms with Gasteiger partial charge in [0.15, 0.2) is 0 Å². The summed E-state index contributed by atoms with van der Waals surface area (Å²) in [5.74, 6) is 0.823. The monoisotopic (exact) mass is 350 g/mol. The molecular weight excluding hydrogens is 332 g/mol. The summed E-state index contributed by atoms with van der Waals surface area (Å²) in [6.45, 7) is 4.11. The highest BCUT2D eigenvalue weighted by Gasteiger charge is 2.16. The second kappa shape index (κ2) is 6.49. The van der Waals surface area contributed by atoms with Gasteiger partial charge in [-0.05, 0) is 26.0 Å². The highest BCUT2D eigenvalue weighted by Crippen LogP contribution is 2.34. The summed E-state index contributed by atoms with van der Waals surface area (Å²) in [5, 5.41) is 9.51. The third-order valence-electron chi connectivity index (χ3n) is 3.83. The number of aromatic nitrogens is 3. The van der Waals surface area contributed by atoms with Crippen LogP contribution >= 0.6 is 11.3 Å². The second-order valence-corrected chi connectivity index (χ2v) is 7.38. The molecule has 0 spiro atoms. The summed E-state index contributed by atoms with van der Waals surface area (Å²) in [4.78, 5) is 17.3. The van der Waals surface area contributed by atoms with Crippen molar-refractivity contribution in [3.63, 3.8) is 0 Å². The molecule has 0 amide bonds. The third-order valence-corrected chi connectivity index (χ3v) is 4.79. The van der Waals surface area contributed by atoms with Gasteiger partial charge >= 0.3 is 0 Å². The fraction of sp³-hybridized carbons (Fsp3) is 0.222. The lowest BCUT2D eigenvalue weighted by Crippen LogP contribution is -2.12. The number of nitriles is 1. The van der Waals surface area contributed by atoms with Crippen LogP contribution in [0.3, 0.4) is 0 Å². The molecule has 25 heavy (non-hydrogen) atoms. The van der Waals surface area contributed by atoms with Gasteiger partial charge in [0, 0.05) is 52.9 Å². The Bertz CT molecular complexity index is 966. The quantitative estimate of drug-likeness (QED) is 0.778. The molecule has 0 bridgehead atoms. The molecule has 3 heterocycles. The molecule has 0 saturated heterocycles. The maximum absolute atomic E-state index is 9.51. The van der Waals surface area contributed by atoms with Gasteiger partial charge < -0.3 is 10.6 Å². The van der Waals surface area contributed by atoms with Crippen molar-refractivity contribution in [3.05, 3.63) is 39.8 Å². The largest absolute Gasteiger partial charge is 0.383 e. The number of aryl methyl sites for hydroxylation is 2. The Morgan fingerprint density at radius 1 is 1.12 bits per heavy atom. The zero-order valence-corrected chi connectivity index (χ0v) is 15.3. The third kappa shape index (κ3) is 3.16. The average Bonchev–Trinajstić information content (AvgIpc) is 2.92. The molecular formula is C18H18N6S. The predicted molar refractivity (Wildman–Crippen MR) is 102 cm³/mol. The van der Waals surface area contributed by atoms with E-state index in [1.54, 1.807) is 23.7 Å². The summed E-state index contributed by atoms with van der Waals surface area (Å²) >= 11 is 1.71. The van der Waals surface area contributed by atoms with E-state index >= 15 is 0 Å². The Morgan fingerprint density at radius 2 is 1.80 bits per heavy atom. The van der Waals surface area contributed by atoms with E-state index in [1.165, 1.54) is 9.75 Å². The molecule has 3 aromatic rings. The maximum atomic E-state index is 9.51. The number of rotatable bonds is 3. The topological polar surface area (TPSA) is 91.7 Å². The standard InChI is InChI=1S/C18H18N6S/c1-10-5-13(11(2)25-10)16-6-14(15(7-19)17(20)23-16)12-8-21-18(22-9-12)24(3)4/h5-6,8-9H,1-4H3,(H2,20,23). The van der Waals surface area contributed by atoms with Crippen molar-refractivity contribution in [2.24, 2.45) is 0 Å². The Kier molecular flexibility index (Phi) is 4.38. The summed E-state index contributed by atoms with van der Waals surface area (Å²) in [7, 11) is 3.75. The summed E-state index contributed by atoms with van der Waals surface area (Å²) < 4.78 is 0. The molecule has 3 rings (SSSR count). The molecule has 0 fully saturated rings. The van der Waals surface area contributed by atoms with Crippen LogP contribution in [0.15, 0.2) is 24.5 Å². The predicted octanol–water partition coefficient (Wildman–Crippen LogP) is 3.40. The number of hydrogen-bond acceptors (Lipinski definition) is 7. The lowest BCUT2D eigenvalue weighted by atomic mass is 10.0. The number of nitrogen functional groups attached to an aromatic ring is 1. The molecule has 0 atom stereocenters. The molecule has 0 aliphatic rings. The van der Waals surface area contributed by atoms with E-state index in [0.717, 1.165) is 16.8 Å². The lowest BCUT2D eigenvalue weighted by molar-refractivity contribution is 1.000. The first kappa shape index (κ1) is 16.9. The van der Waals surface area contributed by atoms with Crippen molar-refractivity contribution in [1.29, 1.82) is 5.26 Å². The Hall–Kier alpha value is -2.98. The van der Waals surface area contributed by atoms with Crippen LogP contribution in [0.5, 0.6) is 0 Å². The van der Waals surface area contributed by atoms with Gasteiger partial charge in [0.2, 0.25) is 5.95 Å². The summed E-state index contributed by atoms with van der Waals surface area (Å²) in [5.41, 5.74) is 9.62. The number of hydrogen-bond donors (Lipinski definition) is 1. The number of nitrogens with two attached hydrogens (primary N) is 1. The van der Waals surface area contributed by atoms with Crippen molar-refractivity contribution in [2.45, 2.75) is 13.8 Å². The zero-order valence-electron chi connectivity index (χ0n) is 14.5. The average molecular weight is 350 g/mol. The highest BCUT2D eigenvalue weighted by molar-refractivity contribution is 7.12. The molecule has 6 nitrogen and oxygen atoms in total. The minimum absolute atomic E-state index is 0.218. The van der Waals surface area contributed by atoms with Crippen LogP contribution in [0.2, 0.25) is 0 Å². The van der Waals surface area contributed by atoms with Crippen molar-refractivity contribution >= 4 is 23.1 Å². The number of nitrogens with zero attached hydrogens (tertiary/aromatic N) is 5. The van der Waals surface area contributed by atoms with Crippen molar-refractivity contribution in [1.82, 2.24) is 15.0 Å². The van der Waals surface area contributed by atoms with Crippen molar-refractivity contribution in [2.75, 3.05) is 24.7 Å². The Balaban J connectivity index is 2.18. The van der Waals surface area contributed by atoms with Crippen LogP contribution in [0.25, 0.3) is 22.4 Å². The van der Waals surface area contributed by atoms with Crippen LogP contribution in [-0.2, 0) is 0 Å². The first-order chi connectivity index (χ1) is 11.9. The van der Waals surface area contributed by atoms with E-state index in [0.29, 0.717) is 17.1 Å². The zero-order chi connectivity index (χ0) is 18.1. The van der Waals surface area contributed by atoms with E-state index in [9.17, 15) is 5.26 Å². The molecule has 0 aliphatic heterocycles. The maximum Gasteiger partial charge on any atom is 0.224 e. The molecule has 0 radical (unpaired) electrons. The van der Waals surface area contributed by atoms with Crippen LogP contribution in [0, 0.1) is 25.2 Å². The Labute approximate surface area is 150 Å². The van der Waals surface area contributed by atoms with Gasteiger partial charge in [-0.15, -0.1) is 11.3 Å². The van der Waals surface area contributed by atoms with Crippen LogP contribution in [0.1, 0.15) is 15.3 Å². The van der Waals surface area contributed by atoms with Gasteiger partial charge in [-0.25, -0.2) is 15.0 Å². The van der Waals surface area contributed by atoms with E-state index in [2.05, 4.69) is 40.9 Å². The number of pyridine rings is 1. The molecule has 0 aliphatic carbocycles. The number of anilines is 2. The van der Waals surface area contributed by atoms with Gasteiger partial charge in [0.25, 0.3) is 0 Å². The molecule has 126 valence electrons. The smallest absolute Gasteiger partial charge is 0.224 e. The van der Waals surface area contributed by atoms with E-state index < -0.39 is 0 Å². The summed E-state index contributed by atoms with van der Waals surface area (Å²) in [6.07, 6.45) is 3.40. The highest BCUT2D eigenvalue weighted by atomic mass is 32.1. The van der Waals surface area contributed by atoms with Crippen LogP contribution in [-0.4, -0.2) is 29.0 Å². The van der Waals surface area contributed by atoms with Crippen molar-refractivity contribution in [3.8, 4) is 28.5 Å². The van der Waals surface area contributed by atoms with Gasteiger partial charge in [0.1, 0.15) is 17.5 Å². The number of thiophene rings is 1. The lowest BCUT2D eigenvalue weighted by Gasteiger charge is -2.12. The summed E-state index contributed by atoms with van der Waals surface area (Å²) in [6, 6.07) is 6.12. The normalized spacial score (nSPS) is 10.5. The van der Waals surface area contributed by atoms with Crippen LogP contribution < -0.4 is 10.6 Å². The van der Waals surface area contributed by atoms with Gasteiger partial charge in [-0.1, -0.05) is 0 Å². The second-order valence-electron chi connectivity index (χ2n) is 5.92. The van der Waals surface area contributed by atoms with Gasteiger partial charge in [-0.2, -0.15) is 5.26 Å². The van der Waals surface area contributed by atoms with Crippen LogP contribution in [0.4, 0.5) is 11.8 Å². The molecule has 7 heteroatoms. The molecule has 2 N–H and O–H groups in total. The van der Waals surface area contributed by atoms with Gasteiger partial charge in [-0.3, -0.25) is 0 Å². The van der Waals surface area contributed by atoms with E-state index in [4.69, 9.17) is 5.73 Å². The SMILES string of the molecule is Cc1cc(-c2cc(-c3cnc(N(C)C)nc3)c(C#N)c(N)n2)c(C)s1. The first-order valence-electron chi connectivity index (χ1n) is 7.68. The first-order valence-corrected chi connectivity index (χ1v) is 8.50. The Morgan fingerprint density at radius 3 is 2.32 bits per heavy atom. The minimum Gasteiger partial charge on any atom is -0.383 e. The molecule has 0 unspecified atom stereocenters. The van der Waals surface area contributed by atoms with Gasteiger partial charge in [0.05, 0.1) is 5.69 Å². The fourth-order valence-electron chi connectivity index (χ4n) is 2.62. The molecule has 0 aromatic carbocycles. The molecule has 0 saturated carbocycles. The minimum atomic E-state index is 0.218. The van der Waals surface area contributed by atoms with E-state index in [-0.39, 0.29) is 5.82 Å². The fourth-order valence-corrected chi connectivity index (χ4v) is 3.56.